The molecule has 0 bridgehead atoms. The molecule has 3 rings (SSSR count). The largest absolute Gasteiger partial charge is 0.457 e. The summed E-state index contributed by atoms with van der Waals surface area (Å²) in [7, 11) is 0. The van der Waals surface area contributed by atoms with Crippen LogP contribution < -0.4 is 10.1 Å². The first-order valence-electron chi connectivity index (χ1n) is 10.2. The number of carbonyl (C=O) groups excluding carboxylic acids is 1. The van der Waals surface area contributed by atoms with Crippen LogP contribution in [0.5, 0.6) is 11.5 Å². The number of hydrogen-bond donors (Lipinski definition) is 1. The molecular formula is C26H24F2N2O2. The van der Waals surface area contributed by atoms with E-state index < -0.39 is 11.6 Å². The Morgan fingerprint density at radius 3 is 2.62 bits per heavy atom. The number of rotatable bonds is 7. The molecule has 4 nitrogen and oxygen atoms in total. The van der Waals surface area contributed by atoms with Gasteiger partial charge in [0.25, 0.3) is 5.91 Å². The summed E-state index contributed by atoms with van der Waals surface area (Å²) in [4.78, 5) is 17.1. The topological polar surface area (TPSA) is 51.2 Å². The van der Waals surface area contributed by atoms with Gasteiger partial charge in [-0.2, -0.15) is 0 Å². The highest BCUT2D eigenvalue weighted by atomic mass is 19.2. The average molecular weight is 434 g/mol. The maximum atomic E-state index is 13.4. The normalized spacial score (nSPS) is 11.6. The SMILES string of the molecule is C/C=C\C(=C/C)c1cc(Oc2cccc(C(=O)NCc3ccc(F)c(F)c3)c2C)ccn1. The molecule has 0 saturated carbocycles. The van der Waals surface area contributed by atoms with Crippen molar-refractivity contribution >= 4 is 11.5 Å². The maximum Gasteiger partial charge on any atom is 0.251 e. The summed E-state index contributed by atoms with van der Waals surface area (Å²) in [6.45, 7) is 5.75. The zero-order valence-corrected chi connectivity index (χ0v) is 18.2. The van der Waals surface area contributed by atoms with Crippen LogP contribution in [0.25, 0.3) is 5.57 Å². The molecule has 32 heavy (non-hydrogen) atoms. The monoisotopic (exact) mass is 434 g/mol. The van der Waals surface area contributed by atoms with E-state index in [1.165, 1.54) is 6.07 Å². The summed E-state index contributed by atoms with van der Waals surface area (Å²) in [6, 6.07) is 12.3. The lowest BCUT2D eigenvalue weighted by Gasteiger charge is -2.13. The van der Waals surface area contributed by atoms with E-state index in [0.29, 0.717) is 28.2 Å². The summed E-state index contributed by atoms with van der Waals surface area (Å²) in [5.74, 6) is -1.07. The van der Waals surface area contributed by atoms with Crippen molar-refractivity contribution < 1.29 is 18.3 Å². The third kappa shape index (κ3) is 5.46. The van der Waals surface area contributed by atoms with Crippen molar-refractivity contribution in [3.05, 3.63) is 107 Å². The Hall–Kier alpha value is -3.80. The van der Waals surface area contributed by atoms with E-state index >= 15 is 0 Å². The van der Waals surface area contributed by atoms with Crippen molar-refractivity contribution in [3.8, 4) is 11.5 Å². The van der Waals surface area contributed by atoms with E-state index in [9.17, 15) is 13.6 Å². The highest BCUT2D eigenvalue weighted by Crippen LogP contribution is 2.28. The molecule has 0 aliphatic heterocycles. The van der Waals surface area contributed by atoms with Crippen molar-refractivity contribution in [2.75, 3.05) is 0 Å². The molecule has 0 atom stereocenters. The van der Waals surface area contributed by atoms with Crippen molar-refractivity contribution in [1.82, 2.24) is 10.3 Å². The number of nitrogens with one attached hydrogen (secondary N) is 1. The molecule has 164 valence electrons. The van der Waals surface area contributed by atoms with Crippen LogP contribution in [-0.4, -0.2) is 10.9 Å². The highest BCUT2D eigenvalue weighted by molar-refractivity contribution is 5.96. The van der Waals surface area contributed by atoms with Crippen LogP contribution in [-0.2, 0) is 6.54 Å². The molecule has 1 amide bonds. The molecule has 3 aromatic rings. The molecule has 0 aliphatic rings. The van der Waals surface area contributed by atoms with Gasteiger partial charge in [0, 0.05) is 29.9 Å². The molecule has 0 spiro atoms. The fourth-order valence-electron chi connectivity index (χ4n) is 3.17. The van der Waals surface area contributed by atoms with Crippen LogP contribution in [0, 0.1) is 18.6 Å². The first-order valence-corrected chi connectivity index (χ1v) is 10.2. The quantitative estimate of drug-likeness (QED) is 0.440. The Labute approximate surface area is 186 Å². The minimum absolute atomic E-state index is 0.0748. The molecule has 2 aromatic carbocycles. The van der Waals surface area contributed by atoms with Crippen molar-refractivity contribution in [1.29, 1.82) is 0 Å². The second-order valence-corrected chi connectivity index (χ2v) is 7.08. The third-order valence-corrected chi connectivity index (χ3v) is 4.88. The first-order chi connectivity index (χ1) is 15.4. The minimum atomic E-state index is -0.949. The van der Waals surface area contributed by atoms with E-state index in [1.807, 2.05) is 38.1 Å². The summed E-state index contributed by atoms with van der Waals surface area (Å²) in [5, 5.41) is 2.73. The smallest absolute Gasteiger partial charge is 0.251 e. The van der Waals surface area contributed by atoms with Gasteiger partial charge in [-0.3, -0.25) is 9.78 Å². The van der Waals surface area contributed by atoms with Crippen LogP contribution in [0.2, 0.25) is 0 Å². The number of amides is 1. The molecule has 0 fully saturated rings. The average Bonchev–Trinajstić information content (AvgIpc) is 2.79. The Balaban J connectivity index is 1.76. The predicted octanol–water partition coefficient (Wildman–Crippen LogP) is 6.37. The summed E-state index contributed by atoms with van der Waals surface area (Å²) >= 11 is 0. The van der Waals surface area contributed by atoms with E-state index in [4.69, 9.17) is 4.74 Å². The fourth-order valence-corrected chi connectivity index (χ4v) is 3.17. The van der Waals surface area contributed by atoms with Crippen LogP contribution in [0.15, 0.2) is 73.0 Å². The lowest BCUT2D eigenvalue weighted by Crippen LogP contribution is -2.23. The van der Waals surface area contributed by atoms with Gasteiger partial charge in [0.15, 0.2) is 11.6 Å². The second-order valence-electron chi connectivity index (χ2n) is 7.08. The highest BCUT2D eigenvalue weighted by Gasteiger charge is 2.14. The molecule has 0 saturated heterocycles. The van der Waals surface area contributed by atoms with E-state index in [2.05, 4.69) is 10.3 Å². The van der Waals surface area contributed by atoms with Gasteiger partial charge in [0.1, 0.15) is 11.5 Å². The molecule has 0 aliphatic carbocycles. The van der Waals surface area contributed by atoms with Crippen LogP contribution in [0.4, 0.5) is 8.78 Å². The van der Waals surface area contributed by atoms with Gasteiger partial charge in [-0.05, 0) is 62.2 Å². The molecule has 1 heterocycles. The molecule has 1 aromatic heterocycles. The standard InChI is InChI=1S/C26H24F2N2O2/c1-4-7-19(5-2)24-15-20(12-13-29-24)32-25-9-6-8-21(17(25)3)26(31)30-16-18-10-11-22(27)23(28)14-18/h4-15H,16H2,1-3H3,(H,30,31)/b7-4-,19-5+. The van der Waals surface area contributed by atoms with Gasteiger partial charge >= 0.3 is 0 Å². The van der Waals surface area contributed by atoms with Gasteiger partial charge in [-0.15, -0.1) is 0 Å². The molecular weight excluding hydrogens is 410 g/mol. The van der Waals surface area contributed by atoms with E-state index in [0.717, 1.165) is 23.4 Å². The number of hydrogen-bond acceptors (Lipinski definition) is 3. The number of nitrogens with zero attached hydrogens (tertiary/aromatic N) is 1. The molecule has 1 N–H and O–H groups in total. The van der Waals surface area contributed by atoms with Crippen molar-refractivity contribution in [3.63, 3.8) is 0 Å². The second kappa shape index (κ2) is 10.5. The van der Waals surface area contributed by atoms with Gasteiger partial charge in [0.2, 0.25) is 0 Å². The van der Waals surface area contributed by atoms with Crippen molar-refractivity contribution in [2.24, 2.45) is 0 Å². The molecule has 6 heteroatoms. The number of aromatic nitrogens is 1. The molecule has 0 radical (unpaired) electrons. The molecule has 0 unspecified atom stereocenters. The zero-order valence-electron chi connectivity index (χ0n) is 18.2. The Morgan fingerprint density at radius 2 is 1.91 bits per heavy atom. The summed E-state index contributed by atoms with van der Waals surface area (Å²) < 4.78 is 32.5. The fraction of sp³-hybridized carbons (Fsp3) is 0.154. The predicted molar refractivity (Wildman–Crippen MR) is 121 cm³/mol. The number of carbonyl (C=O) groups is 1. The lowest BCUT2D eigenvalue weighted by molar-refractivity contribution is 0.0950. The zero-order chi connectivity index (χ0) is 23.1. The Bertz CT molecular complexity index is 1190. The summed E-state index contributed by atoms with van der Waals surface area (Å²) in [6.07, 6.45) is 7.55. The number of allylic oxidation sites excluding steroid dienone is 4. The Morgan fingerprint density at radius 1 is 1.09 bits per heavy atom. The minimum Gasteiger partial charge on any atom is -0.457 e. The third-order valence-electron chi connectivity index (χ3n) is 4.88. The number of halogens is 2. The number of ether oxygens (including phenoxy) is 1. The van der Waals surface area contributed by atoms with E-state index in [1.54, 1.807) is 37.4 Å². The summed E-state index contributed by atoms with van der Waals surface area (Å²) in [5.41, 5.74) is 3.31. The van der Waals surface area contributed by atoms with Gasteiger partial charge in [-0.1, -0.05) is 30.4 Å². The van der Waals surface area contributed by atoms with Gasteiger partial charge in [0.05, 0.1) is 5.69 Å². The first kappa shape index (κ1) is 22.9. The van der Waals surface area contributed by atoms with Crippen molar-refractivity contribution in [2.45, 2.75) is 27.3 Å². The van der Waals surface area contributed by atoms with Gasteiger partial charge < -0.3 is 10.1 Å². The van der Waals surface area contributed by atoms with Crippen LogP contribution in [0.3, 0.4) is 0 Å². The Kier molecular flexibility index (Phi) is 7.49. The van der Waals surface area contributed by atoms with Crippen LogP contribution >= 0.6 is 0 Å². The number of pyridine rings is 1. The van der Waals surface area contributed by atoms with Gasteiger partial charge in [-0.25, -0.2) is 8.78 Å². The van der Waals surface area contributed by atoms with E-state index in [-0.39, 0.29) is 12.5 Å². The van der Waals surface area contributed by atoms with Crippen LogP contribution in [0.1, 0.15) is 41.0 Å². The number of benzene rings is 2. The lowest BCUT2D eigenvalue weighted by atomic mass is 10.1. The maximum absolute atomic E-state index is 13.4.